The Hall–Kier alpha value is -0.620. The molecular weight excluding hydrogens is 206 g/mol. The van der Waals surface area contributed by atoms with E-state index < -0.39 is 10.4 Å². The highest BCUT2D eigenvalue weighted by Gasteiger charge is 2.11. The molecule has 82 valence electrons. The van der Waals surface area contributed by atoms with E-state index in [9.17, 15) is 8.42 Å². The fraction of sp³-hybridized carbons (Fsp3) is 0.875. The van der Waals surface area contributed by atoms with Crippen molar-refractivity contribution >= 4 is 16.3 Å². The van der Waals surface area contributed by atoms with Gasteiger partial charge in [-0.15, -0.1) is 0 Å². The molecule has 0 bridgehead atoms. The van der Waals surface area contributed by atoms with Crippen molar-refractivity contribution in [3.63, 3.8) is 0 Å². The molecule has 6 heteroatoms. The lowest BCUT2D eigenvalue weighted by atomic mass is 10.1. The lowest BCUT2D eigenvalue weighted by Gasteiger charge is -2.03. The van der Waals surface area contributed by atoms with Gasteiger partial charge in [0.25, 0.3) is 0 Å². The molecule has 14 heavy (non-hydrogen) atoms. The summed E-state index contributed by atoms with van der Waals surface area (Å²) in [5.41, 5.74) is 0. The number of hydrogen-bond acceptors (Lipinski definition) is 4. The Bertz CT molecular complexity index is 296. The van der Waals surface area contributed by atoms with Gasteiger partial charge in [0.15, 0.2) is 0 Å². The Morgan fingerprint density at radius 2 is 1.79 bits per heavy atom. The highest BCUT2D eigenvalue weighted by Crippen LogP contribution is 2.11. The summed E-state index contributed by atoms with van der Waals surface area (Å²) in [5.74, 6) is 0.134. The molecule has 0 unspecified atom stereocenters. The largest absolute Gasteiger partial charge is 0.447 e. The van der Waals surface area contributed by atoms with E-state index in [4.69, 9.17) is 4.55 Å². The van der Waals surface area contributed by atoms with Crippen molar-refractivity contribution in [2.24, 2.45) is 4.99 Å². The molecule has 1 N–H and O–H groups in total. The molecule has 0 saturated carbocycles. The van der Waals surface area contributed by atoms with Crippen LogP contribution in [0.3, 0.4) is 0 Å². The number of rotatable bonds is 1. The first-order valence-corrected chi connectivity index (χ1v) is 6.15. The minimum atomic E-state index is -4.39. The maximum absolute atomic E-state index is 10.4. The first kappa shape index (κ1) is 11.5. The Morgan fingerprint density at radius 3 is 2.50 bits per heavy atom. The van der Waals surface area contributed by atoms with E-state index in [1.165, 1.54) is 0 Å². The van der Waals surface area contributed by atoms with Crippen molar-refractivity contribution in [1.82, 2.24) is 0 Å². The second kappa shape index (κ2) is 5.31. The number of nitrogens with zero attached hydrogens (tertiary/aromatic N) is 1. The molecule has 1 heterocycles. The van der Waals surface area contributed by atoms with Gasteiger partial charge in [0, 0.05) is 13.0 Å². The maximum atomic E-state index is 10.4. The lowest BCUT2D eigenvalue weighted by molar-refractivity contribution is 0.376. The second-order valence-electron chi connectivity index (χ2n) is 3.30. The predicted octanol–water partition coefficient (Wildman–Crippen LogP) is 1.56. The summed E-state index contributed by atoms with van der Waals surface area (Å²) < 4.78 is 33.7. The van der Waals surface area contributed by atoms with Gasteiger partial charge in [-0.05, 0) is 12.8 Å². The zero-order chi connectivity index (χ0) is 10.4. The van der Waals surface area contributed by atoms with Gasteiger partial charge in [0.2, 0.25) is 5.90 Å². The third-order valence-corrected chi connectivity index (χ3v) is 2.44. The molecule has 0 radical (unpaired) electrons. The molecule has 0 aromatic rings. The van der Waals surface area contributed by atoms with E-state index in [0.29, 0.717) is 13.0 Å². The third kappa shape index (κ3) is 5.18. The van der Waals surface area contributed by atoms with E-state index in [2.05, 4.69) is 9.18 Å². The molecule has 0 aromatic heterocycles. The Labute approximate surface area is 84.1 Å². The monoisotopic (exact) mass is 221 g/mol. The van der Waals surface area contributed by atoms with Gasteiger partial charge in [-0.1, -0.05) is 19.3 Å². The van der Waals surface area contributed by atoms with Gasteiger partial charge >= 0.3 is 10.4 Å². The molecule has 1 rings (SSSR count). The Kier molecular flexibility index (Phi) is 4.34. The van der Waals surface area contributed by atoms with Crippen molar-refractivity contribution in [2.45, 2.75) is 38.5 Å². The van der Waals surface area contributed by atoms with Crippen LogP contribution in [-0.2, 0) is 14.6 Å². The molecule has 0 fully saturated rings. The van der Waals surface area contributed by atoms with E-state index in [-0.39, 0.29) is 5.90 Å². The molecule has 0 atom stereocenters. The lowest BCUT2D eigenvalue weighted by Crippen LogP contribution is -2.12. The molecule has 0 saturated heterocycles. The van der Waals surface area contributed by atoms with Gasteiger partial charge in [0.05, 0.1) is 0 Å². The second-order valence-corrected chi connectivity index (χ2v) is 4.33. The van der Waals surface area contributed by atoms with Crippen LogP contribution in [0.5, 0.6) is 0 Å². The van der Waals surface area contributed by atoms with Crippen LogP contribution in [0.15, 0.2) is 4.99 Å². The predicted molar refractivity (Wildman–Crippen MR) is 52.6 cm³/mol. The zero-order valence-corrected chi connectivity index (χ0v) is 8.79. The summed E-state index contributed by atoms with van der Waals surface area (Å²) in [6.07, 6.45) is 5.59. The fourth-order valence-electron chi connectivity index (χ4n) is 1.39. The summed E-state index contributed by atoms with van der Waals surface area (Å²) >= 11 is 0. The van der Waals surface area contributed by atoms with Crippen molar-refractivity contribution in [1.29, 1.82) is 0 Å². The van der Waals surface area contributed by atoms with Crippen molar-refractivity contribution in [3.05, 3.63) is 0 Å². The number of aliphatic imine (C=N–C) groups is 1. The maximum Gasteiger partial charge on any atom is 0.447 e. The summed E-state index contributed by atoms with van der Waals surface area (Å²) in [5, 5.41) is 0. The third-order valence-electron chi connectivity index (χ3n) is 2.04. The van der Waals surface area contributed by atoms with Crippen LogP contribution in [0, 0.1) is 0 Å². The van der Waals surface area contributed by atoms with Crippen molar-refractivity contribution < 1.29 is 17.2 Å². The number of hydrogen-bond donors (Lipinski definition) is 1. The highest BCUT2D eigenvalue weighted by molar-refractivity contribution is 7.81. The first-order chi connectivity index (χ1) is 6.58. The molecule has 1 aliphatic rings. The molecule has 0 amide bonds. The van der Waals surface area contributed by atoms with Crippen LogP contribution in [0.25, 0.3) is 0 Å². The zero-order valence-electron chi connectivity index (χ0n) is 7.98. The van der Waals surface area contributed by atoms with Gasteiger partial charge in [-0.3, -0.25) is 9.55 Å². The van der Waals surface area contributed by atoms with Gasteiger partial charge in [-0.25, -0.2) is 0 Å². The van der Waals surface area contributed by atoms with Gasteiger partial charge in [0.1, 0.15) is 0 Å². The topological polar surface area (TPSA) is 76.0 Å². The summed E-state index contributed by atoms with van der Waals surface area (Å²) in [7, 11) is -4.39. The quantitative estimate of drug-likeness (QED) is 0.682. The standard InChI is InChI=1S/C8H15NO4S/c10-14(11,12)13-8-6-4-2-1-3-5-7-9-8/h1-7H2,(H,10,11,12). The molecule has 1 aliphatic heterocycles. The Morgan fingerprint density at radius 1 is 1.14 bits per heavy atom. The highest BCUT2D eigenvalue weighted by atomic mass is 32.3. The average molecular weight is 221 g/mol. The SMILES string of the molecule is O=S(=O)(O)OC1=NCCCCCCC1. The van der Waals surface area contributed by atoms with Crippen LogP contribution in [-0.4, -0.2) is 25.4 Å². The van der Waals surface area contributed by atoms with E-state index >= 15 is 0 Å². The summed E-state index contributed by atoms with van der Waals surface area (Å²) in [4.78, 5) is 3.98. The van der Waals surface area contributed by atoms with Crippen LogP contribution in [0.1, 0.15) is 38.5 Å². The van der Waals surface area contributed by atoms with Gasteiger partial charge < -0.3 is 4.18 Å². The minimum absolute atomic E-state index is 0.134. The van der Waals surface area contributed by atoms with E-state index in [0.717, 1.165) is 32.1 Å². The van der Waals surface area contributed by atoms with Gasteiger partial charge in [-0.2, -0.15) is 8.42 Å². The van der Waals surface area contributed by atoms with Crippen LogP contribution in [0.2, 0.25) is 0 Å². The summed E-state index contributed by atoms with van der Waals surface area (Å²) in [6, 6.07) is 0. The fourth-order valence-corrected chi connectivity index (χ4v) is 1.77. The van der Waals surface area contributed by atoms with Crippen LogP contribution >= 0.6 is 0 Å². The van der Waals surface area contributed by atoms with Crippen LogP contribution < -0.4 is 0 Å². The van der Waals surface area contributed by atoms with E-state index in [1.54, 1.807) is 0 Å². The van der Waals surface area contributed by atoms with Crippen molar-refractivity contribution in [2.75, 3.05) is 6.54 Å². The molecule has 0 spiro atoms. The van der Waals surface area contributed by atoms with Crippen LogP contribution in [0.4, 0.5) is 0 Å². The average Bonchev–Trinajstić information content (AvgIpc) is 2.15. The minimum Gasteiger partial charge on any atom is -0.346 e. The van der Waals surface area contributed by atoms with E-state index in [1.807, 2.05) is 0 Å². The first-order valence-electron chi connectivity index (χ1n) is 4.78. The summed E-state index contributed by atoms with van der Waals surface area (Å²) in [6.45, 7) is 0.574. The molecule has 5 nitrogen and oxygen atoms in total. The normalized spacial score (nSPS) is 20.2. The molecule has 0 aromatic carbocycles. The Balaban J connectivity index is 2.54. The molecular formula is C8H15NO4S. The molecule has 0 aliphatic carbocycles. The van der Waals surface area contributed by atoms with Crippen molar-refractivity contribution in [3.8, 4) is 0 Å². The smallest absolute Gasteiger partial charge is 0.346 e.